The van der Waals surface area contributed by atoms with Crippen LogP contribution in [0.4, 0.5) is 13.2 Å². The first-order valence-electron chi connectivity index (χ1n) is 8.86. The van der Waals surface area contributed by atoms with E-state index in [-0.39, 0.29) is 5.69 Å². The van der Waals surface area contributed by atoms with Crippen molar-refractivity contribution in [3.63, 3.8) is 0 Å². The molecule has 8 heteroatoms. The van der Waals surface area contributed by atoms with Crippen LogP contribution < -0.4 is 5.69 Å². The molecule has 2 heterocycles. The van der Waals surface area contributed by atoms with E-state index in [2.05, 4.69) is 4.98 Å². The van der Waals surface area contributed by atoms with Gasteiger partial charge in [-0.1, -0.05) is 18.2 Å². The van der Waals surface area contributed by atoms with E-state index in [9.17, 15) is 18.0 Å². The van der Waals surface area contributed by atoms with Crippen molar-refractivity contribution >= 4 is 23.1 Å². The highest BCUT2D eigenvalue weighted by Gasteiger charge is 2.30. The fraction of sp³-hybridized carbons (Fsp3) is 0.300. The Bertz CT molecular complexity index is 1030. The van der Waals surface area contributed by atoms with Gasteiger partial charge in [-0.15, -0.1) is 23.1 Å². The number of nitrogens with zero attached hydrogens (tertiary/aromatic N) is 2. The summed E-state index contributed by atoms with van der Waals surface area (Å²) in [6, 6.07) is 9.11. The van der Waals surface area contributed by atoms with Gasteiger partial charge in [0.05, 0.1) is 12.1 Å². The van der Waals surface area contributed by atoms with Crippen molar-refractivity contribution in [1.29, 1.82) is 0 Å². The topological polar surface area (TPSA) is 34.9 Å². The number of benzene rings is 1. The molecule has 28 heavy (non-hydrogen) atoms. The molecule has 1 aliphatic carbocycles. The van der Waals surface area contributed by atoms with Crippen LogP contribution >= 0.6 is 23.1 Å². The van der Waals surface area contributed by atoms with Crippen molar-refractivity contribution < 1.29 is 13.2 Å². The molecule has 1 aromatic carbocycles. The molecule has 3 nitrogen and oxygen atoms in total. The van der Waals surface area contributed by atoms with Gasteiger partial charge in [0.1, 0.15) is 5.03 Å². The number of thiophene rings is 1. The first-order chi connectivity index (χ1) is 13.4. The summed E-state index contributed by atoms with van der Waals surface area (Å²) in [5, 5.41) is 2.70. The predicted molar refractivity (Wildman–Crippen MR) is 105 cm³/mol. The normalized spacial score (nSPS) is 13.7. The van der Waals surface area contributed by atoms with Gasteiger partial charge in [0.15, 0.2) is 0 Å². The molecule has 0 radical (unpaired) electrons. The van der Waals surface area contributed by atoms with Crippen LogP contribution in [0.1, 0.15) is 33.7 Å². The largest absolute Gasteiger partial charge is 0.416 e. The molecule has 146 valence electrons. The maximum atomic E-state index is 12.7. The fourth-order valence-electron chi connectivity index (χ4n) is 3.37. The Morgan fingerprint density at radius 3 is 2.61 bits per heavy atom. The molecule has 4 rings (SSSR count). The van der Waals surface area contributed by atoms with E-state index in [1.807, 2.05) is 17.5 Å². The summed E-state index contributed by atoms with van der Waals surface area (Å²) in [6.07, 6.45) is -1.62. The minimum absolute atomic E-state index is 0.260. The first-order valence-corrected chi connectivity index (χ1v) is 10.7. The summed E-state index contributed by atoms with van der Waals surface area (Å²) in [4.78, 5) is 18.0. The van der Waals surface area contributed by atoms with E-state index >= 15 is 0 Å². The molecule has 3 aromatic rings. The van der Waals surface area contributed by atoms with Crippen molar-refractivity contribution in [3.05, 3.63) is 79.5 Å². The monoisotopic (exact) mass is 422 g/mol. The molecular formula is C20H17F3N2OS2. The van der Waals surface area contributed by atoms with Gasteiger partial charge in [-0.2, -0.15) is 18.2 Å². The van der Waals surface area contributed by atoms with Gasteiger partial charge in [-0.05, 0) is 48.4 Å². The minimum atomic E-state index is -4.33. The number of hydrogen-bond donors (Lipinski definition) is 0. The molecule has 0 fully saturated rings. The number of fused-ring (bicyclic) bond motifs is 1. The van der Waals surface area contributed by atoms with Gasteiger partial charge in [-0.3, -0.25) is 4.57 Å². The van der Waals surface area contributed by atoms with Crippen LogP contribution in [0.3, 0.4) is 0 Å². The van der Waals surface area contributed by atoms with Crippen LogP contribution in [0.15, 0.2) is 51.6 Å². The summed E-state index contributed by atoms with van der Waals surface area (Å²) in [5.74, 6) is 0.478. The summed E-state index contributed by atoms with van der Waals surface area (Å²) in [7, 11) is 0. The first kappa shape index (κ1) is 19.3. The Morgan fingerprint density at radius 2 is 1.93 bits per heavy atom. The molecule has 0 spiro atoms. The Kier molecular flexibility index (Phi) is 5.33. The average Bonchev–Trinajstić information content (AvgIpc) is 3.34. The maximum Gasteiger partial charge on any atom is 0.416 e. The molecule has 0 saturated carbocycles. The summed E-state index contributed by atoms with van der Waals surface area (Å²) in [5.41, 5.74) is 2.01. The number of rotatable bonds is 5. The van der Waals surface area contributed by atoms with Crippen LogP contribution in [0, 0.1) is 0 Å². The zero-order valence-electron chi connectivity index (χ0n) is 14.8. The lowest BCUT2D eigenvalue weighted by molar-refractivity contribution is -0.137. The lowest BCUT2D eigenvalue weighted by Crippen LogP contribution is -2.27. The van der Waals surface area contributed by atoms with Crippen molar-refractivity contribution in [2.75, 3.05) is 0 Å². The van der Waals surface area contributed by atoms with E-state index in [1.165, 1.54) is 23.9 Å². The summed E-state index contributed by atoms with van der Waals surface area (Å²) < 4.78 is 39.8. The minimum Gasteiger partial charge on any atom is -0.291 e. The lowest BCUT2D eigenvalue weighted by atomic mass is 10.1. The molecule has 0 N–H and O–H groups in total. The Hall–Kier alpha value is -2.06. The van der Waals surface area contributed by atoms with Crippen molar-refractivity contribution in [1.82, 2.24) is 9.55 Å². The van der Waals surface area contributed by atoms with E-state index < -0.39 is 11.7 Å². The molecule has 0 saturated heterocycles. The van der Waals surface area contributed by atoms with Gasteiger partial charge >= 0.3 is 11.9 Å². The van der Waals surface area contributed by atoms with Crippen molar-refractivity contribution in [2.45, 2.75) is 42.8 Å². The van der Waals surface area contributed by atoms with Crippen molar-refractivity contribution in [2.24, 2.45) is 0 Å². The number of aromatic nitrogens is 2. The quantitative estimate of drug-likeness (QED) is 0.421. The van der Waals surface area contributed by atoms with Crippen LogP contribution in [0.25, 0.3) is 0 Å². The highest BCUT2D eigenvalue weighted by atomic mass is 32.2. The molecule has 1 aliphatic rings. The van der Waals surface area contributed by atoms with Crippen LogP contribution in [-0.4, -0.2) is 9.55 Å². The van der Waals surface area contributed by atoms with Gasteiger partial charge in [0, 0.05) is 21.9 Å². The van der Waals surface area contributed by atoms with E-state index in [0.29, 0.717) is 17.3 Å². The van der Waals surface area contributed by atoms with Crippen LogP contribution in [-0.2, 0) is 31.3 Å². The molecule has 0 bridgehead atoms. The highest BCUT2D eigenvalue weighted by Crippen LogP contribution is 2.33. The van der Waals surface area contributed by atoms with Crippen LogP contribution in [0.2, 0.25) is 0 Å². The maximum absolute atomic E-state index is 12.7. The number of thioether (sulfide) groups is 1. The second-order valence-electron chi connectivity index (χ2n) is 6.63. The van der Waals surface area contributed by atoms with E-state index in [0.717, 1.165) is 53.1 Å². The van der Waals surface area contributed by atoms with E-state index in [1.54, 1.807) is 15.9 Å². The molecular weight excluding hydrogens is 405 g/mol. The number of hydrogen-bond acceptors (Lipinski definition) is 4. The SMILES string of the molecule is O=c1nc(SCc2ccc(C(F)(F)F)cc2)c2c(n1Cc1cccs1)CCC2. The van der Waals surface area contributed by atoms with E-state index in [4.69, 9.17) is 0 Å². The molecule has 0 atom stereocenters. The second kappa shape index (κ2) is 7.75. The zero-order valence-corrected chi connectivity index (χ0v) is 16.5. The molecule has 0 amide bonds. The second-order valence-corrected chi connectivity index (χ2v) is 8.62. The summed E-state index contributed by atoms with van der Waals surface area (Å²) >= 11 is 3.03. The highest BCUT2D eigenvalue weighted by molar-refractivity contribution is 7.98. The zero-order chi connectivity index (χ0) is 19.7. The summed E-state index contributed by atoms with van der Waals surface area (Å²) in [6.45, 7) is 0.537. The Balaban J connectivity index is 1.55. The third-order valence-corrected chi connectivity index (χ3v) is 6.70. The van der Waals surface area contributed by atoms with Crippen LogP contribution in [0.5, 0.6) is 0 Å². The molecule has 2 aromatic heterocycles. The predicted octanol–water partition coefficient (Wildman–Crippen LogP) is 5.15. The average molecular weight is 422 g/mol. The van der Waals surface area contributed by atoms with Gasteiger partial charge in [-0.25, -0.2) is 4.79 Å². The number of alkyl halides is 3. The Labute approximate surface area is 168 Å². The van der Waals surface area contributed by atoms with Gasteiger partial charge in [0.25, 0.3) is 0 Å². The Morgan fingerprint density at radius 1 is 1.14 bits per heavy atom. The fourth-order valence-corrected chi connectivity index (χ4v) is 5.09. The molecule has 0 unspecified atom stereocenters. The smallest absolute Gasteiger partial charge is 0.291 e. The standard InChI is InChI=1S/C20H17F3N2OS2/c21-20(22,23)14-8-6-13(7-9-14)12-28-18-16-4-1-5-17(16)25(19(26)24-18)11-15-3-2-10-27-15/h2-3,6-10H,1,4-5,11-12H2. The van der Waals surface area contributed by atoms with Gasteiger partial charge in [0.2, 0.25) is 0 Å². The number of halogens is 3. The van der Waals surface area contributed by atoms with Gasteiger partial charge < -0.3 is 0 Å². The third-order valence-electron chi connectivity index (χ3n) is 4.75. The lowest BCUT2D eigenvalue weighted by Gasteiger charge is -2.14. The third kappa shape index (κ3) is 4.03. The van der Waals surface area contributed by atoms with Crippen molar-refractivity contribution in [3.8, 4) is 0 Å². The molecule has 0 aliphatic heterocycles.